The first-order chi connectivity index (χ1) is 11.5. The SMILES string of the molecule is Cc1ccc(O)c(C(c2cccc(O)c2)c2cc(C)ccc2O)c1. The molecular weight excluding hydrogens is 300 g/mol. The Morgan fingerprint density at radius 3 is 1.71 bits per heavy atom. The molecule has 24 heavy (non-hydrogen) atoms. The maximum atomic E-state index is 10.4. The zero-order valence-electron chi connectivity index (χ0n) is 13.7. The van der Waals surface area contributed by atoms with Crippen LogP contribution in [0.25, 0.3) is 0 Å². The third kappa shape index (κ3) is 3.06. The van der Waals surface area contributed by atoms with Gasteiger partial charge in [-0.3, -0.25) is 0 Å². The number of phenolic OH excluding ortho intramolecular Hbond substituents is 3. The average Bonchev–Trinajstić information content (AvgIpc) is 2.54. The Kier molecular flexibility index (Phi) is 4.17. The second-order valence-corrected chi connectivity index (χ2v) is 6.15. The van der Waals surface area contributed by atoms with Crippen LogP contribution in [0.2, 0.25) is 0 Å². The van der Waals surface area contributed by atoms with Gasteiger partial charge >= 0.3 is 0 Å². The van der Waals surface area contributed by atoms with Crippen molar-refractivity contribution in [1.29, 1.82) is 0 Å². The average molecular weight is 320 g/mol. The lowest BCUT2D eigenvalue weighted by Crippen LogP contribution is -2.05. The van der Waals surface area contributed by atoms with Gasteiger partial charge in [-0.2, -0.15) is 0 Å². The normalized spacial score (nSPS) is 11.0. The van der Waals surface area contributed by atoms with Crippen LogP contribution in [0, 0.1) is 13.8 Å². The minimum absolute atomic E-state index is 0.150. The van der Waals surface area contributed by atoms with E-state index >= 15 is 0 Å². The summed E-state index contributed by atoms with van der Waals surface area (Å²) < 4.78 is 0. The Hall–Kier alpha value is -2.94. The van der Waals surface area contributed by atoms with Crippen molar-refractivity contribution >= 4 is 0 Å². The topological polar surface area (TPSA) is 60.7 Å². The molecule has 0 unspecified atom stereocenters. The lowest BCUT2D eigenvalue weighted by atomic mass is 9.83. The molecule has 3 heteroatoms. The minimum Gasteiger partial charge on any atom is -0.508 e. The molecule has 3 N–H and O–H groups in total. The lowest BCUT2D eigenvalue weighted by Gasteiger charge is -2.22. The predicted molar refractivity (Wildman–Crippen MR) is 94.7 cm³/mol. The van der Waals surface area contributed by atoms with Crippen LogP contribution in [0.3, 0.4) is 0 Å². The molecule has 3 rings (SSSR count). The first-order valence-electron chi connectivity index (χ1n) is 7.83. The quantitative estimate of drug-likeness (QED) is 0.618. The maximum Gasteiger partial charge on any atom is 0.119 e. The van der Waals surface area contributed by atoms with Gasteiger partial charge in [0, 0.05) is 17.0 Å². The van der Waals surface area contributed by atoms with Crippen LogP contribution in [-0.2, 0) is 0 Å². The molecule has 0 saturated carbocycles. The molecule has 0 spiro atoms. The third-order valence-electron chi connectivity index (χ3n) is 4.19. The van der Waals surface area contributed by atoms with Crippen molar-refractivity contribution in [2.24, 2.45) is 0 Å². The highest BCUT2D eigenvalue weighted by Gasteiger charge is 2.23. The van der Waals surface area contributed by atoms with Crippen molar-refractivity contribution < 1.29 is 15.3 Å². The van der Waals surface area contributed by atoms with Crippen LogP contribution in [0.15, 0.2) is 60.7 Å². The van der Waals surface area contributed by atoms with Gasteiger partial charge in [0.2, 0.25) is 0 Å². The molecule has 0 amide bonds. The summed E-state index contributed by atoms with van der Waals surface area (Å²) in [7, 11) is 0. The van der Waals surface area contributed by atoms with E-state index in [0.717, 1.165) is 16.7 Å². The van der Waals surface area contributed by atoms with Crippen LogP contribution in [-0.4, -0.2) is 15.3 Å². The minimum atomic E-state index is -0.378. The first kappa shape index (κ1) is 15.9. The summed E-state index contributed by atoms with van der Waals surface area (Å²) >= 11 is 0. The molecule has 0 aliphatic heterocycles. The highest BCUT2D eigenvalue weighted by atomic mass is 16.3. The number of benzene rings is 3. The van der Waals surface area contributed by atoms with Crippen LogP contribution >= 0.6 is 0 Å². The van der Waals surface area contributed by atoms with Gasteiger partial charge in [0.25, 0.3) is 0 Å². The summed E-state index contributed by atoms with van der Waals surface area (Å²) in [6, 6.07) is 17.7. The molecule has 0 aliphatic carbocycles. The number of aryl methyl sites for hydroxylation is 2. The molecule has 3 aromatic rings. The molecule has 0 aromatic heterocycles. The van der Waals surface area contributed by atoms with E-state index in [0.29, 0.717) is 11.1 Å². The maximum absolute atomic E-state index is 10.4. The summed E-state index contributed by atoms with van der Waals surface area (Å²) in [5.74, 6) is 0.0957. The van der Waals surface area contributed by atoms with Gasteiger partial charge < -0.3 is 15.3 Å². The molecule has 0 atom stereocenters. The van der Waals surface area contributed by atoms with E-state index in [2.05, 4.69) is 0 Å². The molecule has 122 valence electrons. The molecule has 0 aliphatic rings. The number of rotatable bonds is 3. The summed E-state index contributed by atoms with van der Waals surface area (Å²) in [6.07, 6.45) is 0. The van der Waals surface area contributed by atoms with Gasteiger partial charge in [-0.15, -0.1) is 0 Å². The van der Waals surface area contributed by atoms with E-state index < -0.39 is 0 Å². The van der Waals surface area contributed by atoms with Gasteiger partial charge in [-0.05, 0) is 43.7 Å². The molecular formula is C21H20O3. The van der Waals surface area contributed by atoms with Crippen LogP contribution in [0.1, 0.15) is 33.7 Å². The van der Waals surface area contributed by atoms with Crippen molar-refractivity contribution in [2.45, 2.75) is 19.8 Å². The smallest absolute Gasteiger partial charge is 0.119 e. The zero-order chi connectivity index (χ0) is 17.3. The fourth-order valence-electron chi connectivity index (χ4n) is 3.04. The number of hydrogen-bond acceptors (Lipinski definition) is 3. The fraction of sp³-hybridized carbons (Fsp3) is 0.143. The largest absolute Gasteiger partial charge is 0.508 e. The summed E-state index contributed by atoms with van der Waals surface area (Å²) in [5.41, 5.74) is 4.22. The summed E-state index contributed by atoms with van der Waals surface area (Å²) in [5, 5.41) is 30.7. The van der Waals surface area contributed by atoms with Gasteiger partial charge in [0.05, 0.1) is 0 Å². The molecule has 0 bridgehead atoms. The van der Waals surface area contributed by atoms with Crippen LogP contribution < -0.4 is 0 Å². The van der Waals surface area contributed by atoms with E-state index in [1.54, 1.807) is 30.3 Å². The van der Waals surface area contributed by atoms with Crippen LogP contribution in [0.4, 0.5) is 0 Å². The molecule has 3 nitrogen and oxygen atoms in total. The van der Waals surface area contributed by atoms with Crippen molar-refractivity contribution in [1.82, 2.24) is 0 Å². The summed E-state index contributed by atoms with van der Waals surface area (Å²) in [6.45, 7) is 3.91. The predicted octanol–water partition coefficient (Wildman–Crippen LogP) is 4.60. The Balaban J connectivity index is 2.29. The van der Waals surface area contributed by atoms with Crippen LogP contribution in [0.5, 0.6) is 17.2 Å². The van der Waals surface area contributed by atoms with E-state index in [9.17, 15) is 15.3 Å². The van der Waals surface area contributed by atoms with Crippen molar-refractivity contribution in [3.63, 3.8) is 0 Å². The molecule has 3 aromatic carbocycles. The van der Waals surface area contributed by atoms with E-state index in [-0.39, 0.29) is 23.2 Å². The van der Waals surface area contributed by atoms with Gasteiger partial charge in [0.15, 0.2) is 0 Å². The highest BCUT2D eigenvalue weighted by molar-refractivity contribution is 5.54. The standard InChI is InChI=1S/C21H20O3/c1-13-6-8-19(23)17(10-13)21(15-4-3-5-16(22)12-15)18-11-14(2)7-9-20(18)24/h3-12,21-24H,1-2H3. The number of phenols is 3. The van der Waals surface area contributed by atoms with Gasteiger partial charge in [-0.25, -0.2) is 0 Å². The van der Waals surface area contributed by atoms with E-state index in [1.807, 2.05) is 44.2 Å². The molecule has 0 fully saturated rings. The monoisotopic (exact) mass is 320 g/mol. The molecule has 0 radical (unpaired) electrons. The van der Waals surface area contributed by atoms with Crippen molar-refractivity contribution in [3.8, 4) is 17.2 Å². The van der Waals surface area contributed by atoms with Crippen molar-refractivity contribution in [3.05, 3.63) is 88.5 Å². The fourth-order valence-corrected chi connectivity index (χ4v) is 3.04. The highest BCUT2D eigenvalue weighted by Crippen LogP contribution is 2.41. The first-order valence-corrected chi connectivity index (χ1v) is 7.83. The number of hydrogen-bond donors (Lipinski definition) is 3. The van der Waals surface area contributed by atoms with E-state index in [4.69, 9.17) is 0 Å². The van der Waals surface area contributed by atoms with Gasteiger partial charge in [-0.1, -0.05) is 47.5 Å². The Bertz CT molecular complexity index is 833. The molecule has 0 saturated heterocycles. The lowest BCUT2D eigenvalue weighted by molar-refractivity contribution is 0.457. The molecule has 0 heterocycles. The second-order valence-electron chi connectivity index (χ2n) is 6.15. The third-order valence-corrected chi connectivity index (χ3v) is 4.19. The Labute approximate surface area is 141 Å². The number of aromatic hydroxyl groups is 3. The summed E-state index contributed by atoms with van der Waals surface area (Å²) in [4.78, 5) is 0. The Morgan fingerprint density at radius 2 is 1.21 bits per heavy atom. The van der Waals surface area contributed by atoms with Crippen molar-refractivity contribution in [2.75, 3.05) is 0 Å². The zero-order valence-corrected chi connectivity index (χ0v) is 13.7. The second kappa shape index (κ2) is 6.28. The Morgan fingerprint density at radius 1 is 0.667 bits per heavy atom. The van der Waals surface area contributed by atoms with E-state index in [1.165, 1.54) is 0 Å². The van der Waals surface area contributed by atoms with Gasteiger partial charge in [0.1, 0.15) is 17.2 Å².